The van der Waals surface area contributed by atoms with Gasteiger partial charge in [-0.25, -0.2) is 0 Å². The van der Waals surface area contributed by atoms with Crippen molar-refractivity contribution in [2.75, 3.05) is 13.1 Å². The Balaban J connectivity index is 2.01. The average Bonchev–Trinajstić information content (AvgIpc) is 2.57. The molecule has 1 saturated carbocycles. The van der Waals surface area contributed by atoms with Gasteiger partial charge in [0.05, 0.1) is 0 Å². The predicted octanol–water partition coefficient (Wildman–Crippen LogP) is 1.47. The fraction of sp³-hybridized carbons (Fsp3) is 0.833. The Hall–Kier alpha value is -0.860. The van der Waals surface area contributed by atoms with Gasteiger partial charge in [-0.2, -0.15) is 0 Å². The number of amides is 1. The molecule has 2 fully saturated rings. The van der Waals surface area contributed by atoms with Crippen LogP contribution in [0.5, 0.6) is 0 Å². The zero-order valence-electron chi connectivity index (χ0n) is 9.75. The molecule has 2 aliphatic rings. The first-order valence-corrected chi connectivity index (χ1v) is 5.69. The van der Waals surface area contributed by atoms with E-state index in [2.05, 4.69) is 0 Å². The first kappa shape index (κ1) is 10.7. The second-order valence-electron chi connectivity index (χ2n) is 5.93. The van der Waals surface area contributed by atoms with Crippen LogP contribution in [0.1, 0.15) is 33.6 Å². The van der Waals surface area contributed by atoms with Gasteiger partial charge in [-0.3, -0.25) is 9.59 Å². The summed E-state index contributed by atoms with van der Waals surface area (Å²) in [6, 6.07) is 0. The Labute approximate surface area is 90.8 Å². The number of rotatable bonds is 0. The molecule has 0 aromatic heterocycles. The van der Waals surface area contributed by atoms with Crippen LogP contribution in [0.4, 0.5) is 0 Å². The van der Waals surface area contributed by atoms with Crippen LogP contribution in [-0.4, -0.2) is 29.7 Å². The SMILES string of the molecule is CC(C)(C)C(=O)N1CC2CC(=O)CC2C1. The quantitative estimate of drug-likeness (QED) is 0.606. The predicted molar refractivity (Wildman–Crippen MR) is 57.3 cm³/mol. The summed E-state index contributed by atoms with van der Waals surface area (Å²) in [4.78, 5) is 25.2. The van der Waals surface area contributed by atoms with E-state index in [-0.39, 0.29) is 11.3 Å². The van der Waals surface area contributed by atoms with Crippen molar-refractivity contribution in [1.82, 2.24) is 4.90 Å². The average molecular weight is 209 g/mol. The number of hydrogen-bond acceptors (Lipinski definition) is 2. The largest absolute Gasteiger partial charge is 0.342 e. The lowest BCUT2D eigenvalue weighted by Gasteiger charge is -2.26. The van der Waals surface area contributed by atoms with Crippen molar-refractivity contribution < 1.29 is 9.59 Å². The van der Waals surface area contributed by atoms with Gasteiger partial charge in [-0.15, -0.1) is 0 Å². The molecule has 15 heavy (non-hydrogen) atoms. The van der Waals surface area contributed by atoms with E-state index in [4.69, 9.17) is 0 Å². The minimum absolute atomic E-state index is 0.226. The first-order valence-electron chi connectivity index (χ1n) is 5.69. The van der Waals surface area contributed by atoms with Gasteiger partial charge in [0, 0.05) is 31.3 Å². The second kappa shape index (κ2) is 3.32. The summed E-state index contributed by atoms with van der Waals surface area (Å²) in [5, 5.41) is 0. The molecule has 3 nitrogen and oxygen atoms in total. The van der Waals surface area contributed by atoms with Crippen LogP contribution in [0.2, 0.25) is 0 Å². The zero-order valence-corrected chi connectivity index (χ0v) is 9.75. The molecule has 0 aromatic rings. The minimum atomic E-state index is -0.289. The van der Waals surface area contributed by atoms with Crippen molar-refractivity contribution >= 4 is 11.7 Å². The highest BCUT2D eigenvalue weighted by molar-refractivity contribution is 5.84. The monoisotopic (exact) mass is 209 g/mol. The highest BCUT2D eigenvalue weighted by atomic mass is 16.2. The van der Waals surface area contributed by atoms with E-state index in [1.54, 1.807) is 0 Å². The lowest BCUT2D eigenvalue weighted by atomic mass is 9.95. The lowest BCUT2D eigenvalue weighted by Crippen LogP contribution is -2.38. The third-order valence-electron chi connectivity index (χ3n) is 3.48. The summed E-state index contributed by atoms with van der Waals surface area (Å²) in [5.74, 6) is 1.50. The van der Waals surface area contributed by atoms with Gasteiger partial charge in [-0.05, 0) is 11.8 Å². The Morgan fingerprint density at radius 2 is 1.67 bits per heavy atom. The summed E-state index contributed by atoms with van der Waals surface area (Å²) in [7, 11) is 0. The molecule has 0 bridgehead atoms. The van der Waals surface area contributed by atoms with Crippen LogP contribution < -0.4 is 0 Å². The van der Waals surface area contributed by atoms with Crippen LogP contribution in [-0.2, 0) is 9.59 Å². The number of ketones is 1. The number of fused-ring (bicyclic) bond motifs is 1. The highest BCUT2D eigenvalue weighted by Crippen LogP contribution is 2.37. The first-order chi connectivity index (χ1) is 6.88. The van der Waals surface area contributed by atoms with Crippen LogP contribution in [0.15, 0.2) is 0 Å². The second-order valence-corrected chi connectivity index (χ2v) is 5.93. The number of likely N-dealkylation sites (tertiary alicyclic amines) is 1. The van der Waals surface area contributed by atoms with Crippen molar-refractivity contribution in [2.24, 2.45) is 17.3 Å². The number of Topliss-reactive ketones (excluding diaryl/α,β-unsaturated/α-hetero) is 1. The summed E-state index contributed by atoms with van der Waals surface area (Å²) >= 11 is 0. The third kappa shape index (κ3) is 1.92. The number of carbonyl (C=O) groups excluding carboxylic acids is 2. The molecule has 0 radical (unpaired) electrons. The summed E-state index contributed by atoms with van der Waals surface area (Å²) in [5.41, 5.74) is -0.289. The van der Waals surface area contributed by atoms with Crippen molar-refractivity contribution in [1.29, 1.82) is 0 Å². The van der Waals surface area contributed by atoms with Crippen LogP contribution in [0.25, 0.3) is 0 Å². The molecule has 3 heteroatoms. The standard InChI is InChI=1S/C12H19NO2/c1-12(2,3)11(15)13-6-8-4-10(14)5-9(8)7-13/h8-9H,4-7H2,1-3H3. The summed E-state index contributed by atoms with van der Waals surface area (Å²) in [6.07, 6.45) is 1.39. The van der Waals surface area contributed by atoms with Gasteiger partial charge in [0.25, 0.3) is 0 Å². The molecule has 0 spiro atoms. The van der Waals surface area contributed by atoms with Crippen molar-refractivity contribution in [3.8, 4) is 0 Å². The topological polar surface area (TPSA) is 37.4 Å². The van der Waals surface area contributed by atoms with E-state index in [9.17, 15) is 9.59 Å². The maximum atomic E-state index is 12.0. The van der Waals surface area contributed by atoms with E-state index in [0.717, 1.165) is 13.1 Å². The Morgan fingerprint density at radius 1 is 1.20 bits per heavy atom. The molecule has 1 aliphatic carbocycles. The van der Waals surface area contributed by atoms with Gasteiger partial charge in [0.15, 0.2) is 0 Å². The number of carbonyl (C=O) groups is 2. The maximum absolute atomic E-state index is 12.0. The smallest absolute Gasteiger partial charge is 0.227 e. The normalized spacial score (nSPS) is 30.9. The summed E-state index contributed by atoms with van der Waals surface area (Å²) in [6.45, 7) is 7.46. The maximum Gasteiger partial charge on any atom is 0.227 e. The van der Waals surface area contributed by atoms with Crippen LogP contribution in [0.3, 0.4) is 0 Å². The third-order valence-corrected chi connectivity index (χ3v) is 3.48. The molecule has 1 heterocycles. The zero-order chi connectivity index (χ0) is 11.2. The molecular formula is C12H19NO2. The molecule has 1 aliphatic heterocycles. The Bertz CT molecular complexity index is 287. The van der Waals surface area contributed by atoms with Crippen molar-refractivity contribution in [2.45, 2.75) is 33.6 Å². The summed E-state index contributed by atoms with van der Waals surface area (Å²) < 4.78 is 0. The molecular weight excluding hydrogens is 190 g/mol. The Morgan fingerprint density at radius 3 is 2.07 bits per heavy atom. The van der Waals surface area contributed by atoms with E-state index >= 15 is 0 Å². The van der Waals surface area contributed by atoms with Crippen molar-refractivity contribution in [3.63, 3.8) is 0 Å². The van der Waals surface area contributed by atoms with Crippen LogP contribution >= 0.6 is 0 Å². The molecule has 2 atom stereocenters. The molecule has 0 aromatic carbocycles. The fourth-order valence-corrected chi connectivity index (χ4v) is 2.71. The molecule has 1 amide bonds. The molecule has 1 saturated heterocycles. The molecule has 0 N–H and O–H groups in total. The van der Waals surface area contributed by atoms with Gasteiger partial charge in [0.1, 0.15) is 5.78 Å². The van der Waals surface area contributed by atoms with E-state index < -0.39 is 0 Å². The Kier molecular flexibility index (Phi) is 2.36. The van der Waals surface area contributed by atoms with Crippen LogP contribution in [0, 0.1) is 17.3 Å². The van der Waals surface area contributed by atoms with E-state index in [0.29, 0.717) is 30.5 Å². The molecule has 2 unspecified atom stereocenters. The lowest BCUT2D eigenvalue weighted by molar-refractivity contribution is -0.139. The molecule has 2 rings (SSSR count). The minimum Gasteiger partial charge on any atom is -0.342 e. The molecule has 84 valence electrons. The fourth-order valence-electron chi connectivity index (χ4n) is 2.71. The van der Waals surface area contributed by atoms with Gasteiger partial charge in [-0.1, -0.05) is 20.8 Å². The van der Waals surface area contributed by atoms with Gasteiger partial charge < -0.3 is 4.90 Å². The van der Waals surface area contributed by atoms with E-state index in [1.165, 1.54) is 0 Å². The van der Waals surface area contributed by atoms with Gasteiger partial charge in [0.2, 0.25) is 5.91 Å². The van der Waals surface area contributed by atoms with Crippen molar-refractivity contribution in [3.05, 3.63) is 0 Å². The number of hydrogen-bond donors (Lipinski definition) is 0. The van der Waals surface area contributed by atoms with Gasteiger partial charge >= 0.3 is 0 Å². The van der Waals surface area contributed by atoms with E-state index in [1.807, 2.05) is 25.7 Å². The highest BCUT2D eigenvalue weighted by Gasteiger charge is 2.43. The number of nitrogens with zero attached hydrogens (tertiary/aromatic N) is 1.